The van der Waals surface area contributed by atoms with Gasteiger partial charge in [-0.3, -0.25) is 19.8 Å². The van der Waals surface area contributed by atoms with Gasteiger partial charge in [-0.25, -0.2) is 0 Å². The minimum atomic E-state index is -1.25. The molecule has 0 aliphatic carbocycles. The first-order valence-corrected chi connectivity index (χ1v) is 11.3. The highest BCUT2D eigenvalue weighted by molar-refractivity contribution is 7.80. The summed E-state index contributed by atoms with van der Waals surface area (Å²) >= 11 is 5.26. The molecular weight excluding hydrogens is 480 g/mol. The number of nitrogens with zero attached hydrogens (tertiary/aromatic N) is 1. The summed E-state index contributed by atoms with van der Waals surface area (Å²) in [4.78, 5) is 38.1. The van der Waals surface area contributed by atoms with Crippen LogP contribution in [0, 0.1) is 6.92 Å². The zero-order valence-electron chi connectivity index (χ0n) is 19.4. The number of carboxylic acid groups (broad SMARTS) is 1. The van der Waals surface area contributed by atoms with Gasteiger partial charge in [0.25, 0.3) is 11.8 Å². The molecule has 8 nitrogen and oxygen atoms in total. The topological polar surface area (TPSA) is 108 Å². The number of anilines is 1. The molecule has 0 aromatic heterocycles. The van der Waals surface area contributed by atoms with E-state index in [-0.39, 0.29) is 22.9 Å². The second-order valence-electron chi connectivity index (χ2n) is 7.93. The second-order valence-corrected chi connectivity index (χ2v) is 8.31. The van der Waals surface area contributed by atoms with E-state index < -0.39 is 17.8 Å². The Labute approximate surface area is 212 Å². The maximum Gasteiger partial charge on any atom is 0.270 e. The van der Waals surface area contributed by atoms with Crippen molar-refractivity contribution in [3.8, 4) is 11.5 Å². The number of hydrogen-bond donors (Lipinski definition) is 1. The van der Waals surface area contributed by atoms with Gasteiger partial charge in [0.05, 0.1) is 18.8 Å². The van der Waals surface area contributed by atoms with E-state index >= 15 is 0 Å². The van der Waals surface area contributed by atoms with Gasteiger partial charge in [0.2, 0.25) is 0 Å². The molecule has 0 atom stereocenters. The molecule has 182 valence electrons. The molecular formula is C27H21N2O6S-. The Morgan fingerprint density at radius 1 is 1.06 bits per heavy atom. The lowest BCUT2D eigenvalue weighted by molar-refractivity contribution is -0.255. The molecule has 3 aromatic rings. The van der Waals surface area contributed by atoms with Gasteiger partial charge >= 0.3 is 0 Å². The van der Waals surface area contributed by atoms with Crippen LogP contribution in [0.3, 0.4) is 0 Å². The summed E-state index contributed by atoms with van der Waals surface area (Å²) < 4.78 is 11.3. The number of rotatable bonds is 7. The summed E-state index contributed by atoms with van der Waals surface area (Å²) in [6.45, 7) is 2.03. The van der Waals surface area contributed by atoms with Gasteiger partial charge in [-0.1, -0.05) is 48.5 Å². The molecule has 3 aromatic carbocycles. The largest absolute Gasteiger partial charge is 0.545 e. The van der Waals surface area contributed by atoms with Gasteiger partial charge < -0.3 is 19.4 Å². The molecule has 1 heterocycles. The van der Waals surface area contributed by atoms with Gasteiger partial charge in [0, 0.05) is 0 Å². The third kappa shape index (κ3) is 5.11. The predicted molar refractivity (Wildman–Crippen MR) is 135 cm³/mol. The van der Waals surface area contributed by atoms with Crippen molar-refractivity contribution in [2.45, 2.75) is 13.5 Å². The van der Waals surface area contributed by atoms with Crippen LogP contribution in [0.5, 0.6) is 11.5 Å². The van der Waals surface area contributed by atoms with Crippen LogP contribution in [-0.4, -0.2) is 30.0 Å². The van der Waals surface area contributed by atoms with E-state index in [0.29, 0.717) is 22.7 Å². The molecule has 0 spiro atoms. The van der Waals surface area contributed by atoms with Gasteiger partial charge in [-0.15, -0.1) is 0 Å². The summed E-state index contributed by atoms with van der Waals surface area (Å²) in [6, 6.07) is 18.4. The number of thiocarbonyl (C=S) groups is 1. The fourth-order valence-corrected chi connectivity index (χ4v) is 3.92. The zero-order chi connectivity index (χ0) is 25.8. The maximum absolute atomic E-state index is 13.3. The van der Waals surface area contributed by atoms with E-state index in [1.54, 1.807) is 42.5 Å². The molecule has 1 fully saturated rings. The highest BCUT2D eigenvalue weighted by Gasteiger charge is 2.35. The average Bonchev–Trinajstić information content (AvgIpc) is 2.86. The third-order valence-electron chi connectivity index (χ3n) is 5.54. The van der Waals surface area contributed by atoms with Gasteiger partial charge in [-0.2, -0.15) is 0 Å². The first-order chi connectivity index (χ1) is 17.3. The summed E-state index contributed by atoms with van der Waals surface area (Å²) in [5.74, 6) is -1.54. The highest BCUT2D eigenvalue weighted by Crippen LogP contribution is 2.31. The van der Waals surface area contributed by atoms with E-state index in [9.17, 15) is 19.5 Å². The van der Waals surface area contributed by atoms with Crippen molar-refractivity contribution in [3.63, 3.8) is 0 Å². The van der Waals surface area contributed by atoms with E-state index in [1.165, 1.54) is 30.2 Å². The van der Waals surface area contributed by atoms with E-state index in [1.807, 2.05) is 19.1 Å². The fraction of sp³-hybridized carbons (Fsp3) is 0.111. The van der Waals surface area contributed by atoms with Crippen molar-refractivity contribution < 1.29 is 29.0 Å². The lowest BCUT2D eigenvalue weighted by Crippen LogP contribution is -2.54. The third-order valence-corrected chi connectivity index (χ3v) is 5.83. The average molecular weight is 502 g/mol. The predicted octanol–water partition coefficient (Wildman–Crippen LogP) is 2.78. The normalized spacial score (nSPS) is 14.6. The summed E-state index contributed by atoms with van der Waals surface area (Å²) in [6.07, 6.45) is 1.47. The Bertz CT molecular complexity index is 1400. The quantitative estimate of drug-likeness (QED) is 0.301. The Morgan fingerprint density at radius 2 is 1.78 bits per heavy atom. The molecule has 0 bridgehead atoms. The highest BCUT2D eigenvalue weighted by atomic mass is 32.1. The number of methoxy groups -OCH3 is 1. The van der Waals surface area contributed by atoms with Gasteiger partial charge in [-0.05, 0) is 65.7 Å². The maximum atomic E-state index is 13.3. The number of carbonyl (C=O) groups is 3. The van der Waals surface area contributed by atoms with E-state index in [4.69, 9.17) is 21.7 Å². The summed E-state index contributed by atoms with van der Waals surface area (Å²) in [5, 5.41) is 13.5. The van der Waals surface area contributed by atoms with Crippen LogP contribution in [0.1, 0.15) is 27.0 Å². The molecule has 36 heavy (non-hydrogen) atoms. The van der Waals surface area contributed by atoms with Crippen LogP contribution in [-0.2, 0) is 16.2 Å². The van der Waals surface area contributed by atoms with Crippen molar-refractivity contribution in [3.05, 3.63) is 94.6 Å². The Balaban J connectivity index is 1.57. The van der Waals surface area contributed by atoms with Crippen molar-refractivity contribution in [2.75, 3.05) is 12.0 Å². The number of ether oxygens (including phenoxy) is 2. The number of amides is 2. The van der Waals surface area contributed by atoms with Crippen molar-refractivity contribution in [1.29, 1.82) is 0 Å². The van der Waals surface area contributed by atoms with Crippen LogP contribution in [0.15, 0.2) is 72.3 Å². The molecule has 0 unspecified atom stereocenters. The SMILES string of the molecule is COc1cc(/C=C2/C(=O)NC(=S)N(c3ccccc3C)C2=O)ccc1OCc1ccc(C(=O)[O-])cc1. The zero-order valence-corrected chi connectivity index (χ0v) is 20.3. The van der Waals surface area contributed by atoms with Crippen LogP contribution in [0.4, 0.5) is 5.69 Å². The van der Waals surface area contributed by atoms with Crippen molar-refractivity contribution in [1.82, 2.24) is 5.32 Å². The molecule has 1 aliphatic rings. The molecule has 0 radical (unpaired) electrons. The Hall–Kier alpha value is -4.50. The summed E-state index contributed by atoms with van der Waals surface area (Å²) in [7, 11) is 1.48. The number of para-hydroxylation sites is 1. The first kappa shape index (κ1) is 24.6. The molecule has 2 amide bonds. The Morgan fingerprint density at radius 3 is 2.44 bits per heavy atom. The molecule has 0 saturated carbocycles. The lowest BCUT2D eigenvalue weighted by atomic mass is 10.1. The molecule has 9 heteroatoms. The first-order valence-electron chi connectivity index (χ1n) is 10.9. The van der Waals surface area contributed by atoms with E-state index in [0.717, 1.165) is 11.1 Å². The van der Waals surface area contributed by atoms with Crippen LogP contribution in [0.25, 0.3) is 6.08 Å². The number of aromatic carboxylic acids is 1. The van der Waals surface area contributed by atoms with Gasteiger partial charge in [0.15, 0.2) is 16.6 Å². The smallest absolute Gasteiger partial charge is 0.270 e. The monoisotopic (exact) mass is 501 g/mol. The molecule has 1 aliphatic heterocycles. The van der Waals surface area contributed by atoms with Gasteiger partial charge in [0.1, 0.15) is 12.2 Å². The molecule has 1 N–H and O–H groups in total. The number of benzene rings is 3. The van der Waals surface area contributed by atoms with Crippen molar-refractivity contribution >= 4 is 46.9 Å². The van der Waals surface area contributed by atoms with Crippen LogP contribution in [0.2, 0.25) is 0 Å². The van der Waals surface area contributed by atoms with E-state index in [2.05, 4.69) is 5.32 Å². The lowest BCUT2D eigenvalue weighted by Gasteiger charge is -2.30. The minimum absolute atomic E-state index is 0.0189. The standard InChI is InChI=1S/C27H22N2O6S/c1-16-5-3-4-6-21(16)29-25(31)20(24(30)28-27(29)36)13-18-9-12-22(23(14-18)34-2)35-15-17-7-10-19(11-8-17)26(32)33/h3-14H,15H2,1-2H3,(H,32,33)(H,28,30,36)/p-1/b20-13-. The number of carbonyl (C=O) groups excluding carboxylic acids is 3. The van der Waals surface area contributed by atoms with Crippen LogP contribution < -0.4 is 24.8 Å². The minimum Gasteiger partial charge on any atom is -0.545 e. The fourth-order valence-electron chi connectivity index (χ4n) is 3.65. The molecule has 1 saturated heterocycles. The number of aryl methyl sites for hydroxylation is 1. The molecule has 4 rings (SSSR count). The van der Waals surface area contributed by atoms with Crippen LogP contribution >= 0.6 is 12.2 Å². The Kier molecular flexibility index (Phi) is 7.12. The second kappa shape index (κ2) is 10.4. The number of hydrogen-bond acceptors (Lipinski definition) is 7. The van der Waals surface area contributed by atoms with Crippen molar-refractivity contribution in [2.24, 2.45) is 0 Å². The number of carboxylic acids is 1. The summed E-state index contributed by atoms with van der Waals surface area (Å²) in [5.41, 5.74) is 2.74. The number of nitrogens with one attached hydrogen (secondary N) is 1.